The number of hydrogen-bond donors (Lipinski definition) is 0. The highest BCUT2D eigenvalue weighted by Crippen LogP contribution is 2.26. The van der Waals surface area contributed by atoms with E-state index in [9.17, 15) is 13.2 Å². The van der Waals surface area contributed by atoms with Crippen LogP contribution >= 0.6 is 0 Å². The molecular formula is C9H12N2O5S. The van der Waals surface area contributed by atoms with Crippen molar-refractivity contribution in [2.24, 2.45) is 0 Å². The van der Waals surface area contributed by atoms with Gasteiger partial charge in [0.25, 0.3) is 0 Å². The van der Waals surface area contributed by atoms with E-state index in [0.29, 0.717) is 12.2 Å². The third kappa shape index (κ3) is 2.82. The van der Waals surface area contributed by atoms with Gasteiger partial charge >= 0.3 is 5.97 Å². The molecule has 2 heterocycles. The maximum absolute atomic E-state index is 11.3. The van der Waals surface area contributed by atoms with Crippen molar-refractivity contribution in [1.29, 1.82) is 0 Å². The van der Waals surface area contributed by atoms with E-state index in [4.69, 9.17) is 4.52 Å². The number of aromatic nitrogens is 2. The zero-order chi connectivity index (χ0) is 12.5. The number of esters is 1. The van der Waals surface area contributed by atoms with E-state index in [-0.39, 0.29) is 29.7 Å². The molecule has 1 aromatic heterocycles. The lowest BCUT2D eigenvalue weighted by Gasteiger charge is -1.98. The first-order chi connectivity index (χ1) is 8.00. The fraction of sp³-hybridized carbons (Fsp3) is 0.667. The molecule has 1 unspecified atom stereocenters. The van der Waals surface area contributed by atoms with Gasteiger partial charge in [-0.15, -0.1) is 0 Å². The summed E-state index contributed by atoms with van der Waals surface area (Å²) in [6, 6.07) is 0. The maximum atomic E-state index is 11.3. The van der Waals surface area contributed by atoms with Gasteiger partial charge in [-0.1, -0.05) is 5.16 Å². The van der Waals surface area contributed by atoms with Gasteiger partial charge in [0.15, 0.2) is 15.7 Å². The van der Waals surface area contributed by atoms with Crippen LogP contribution in [0.15, 0.2) is 4.52 Å². The lowest BCUT2D eigenvalue weighted by atomic mass is 10.1. The van der Waals surface area contributed by atoms with Crippen LogP contribution < -0.4 is 0 Å². The average molecular weight is 260 g/mol. The van der Waals surface area contributed by atoms with Crippen molar-refractivity contribution in [3.8, 4) is 0 Å². The summed E-state index contributed by atoms with van der Waals surface area (Å²) in [4.78, 5) is 15.0. The topological polar surface area (TPSA) is 99.4 Å². The van der Waals surface area contributed by atoms with Crippen molar-refractivity contribution in [3.05, 3.63) is 11.7 Å². The van der Waals surface area contributed by atoms with Crippen LogP contribution in [0.5, 0.6) is 0 Å². The Kier molecular flexibility index (Phi) is 3.14. The second-order valence-corrected chi connectivity index (χ2v) is 6.13. The summed E-state index contributed by atoms with van der Waals surface area (Å²) in [5.74, 6) is -0.00143. The largest absolute Gasteiger partial charge is 0.469 e. The molecule has 2 rings (SSSR count). The molecule has 0 spiro atoms. The molecule has 94 valence electrons. The number of carbonyl (C=O) groups excluding carboxylic acids is 1. The summed E-state index contributed by atoms with van der Waals surface area (Å²) in [7, 11) is -1.71. The smallest absolute Gasteiger partial charge is 0.315 e. The van der Waals surface area contributed by atoms with Crippen LogP contribution in [0, 0.1) is 0 Å². The minimum absolute atomic E-state index is 0.0458. The fourth-order valence-electron chi connectivity index (χ4n) is 1.70. The second kappa shape index (κ2) is 4.44. The Labute approximate surface area is 98.1 Å². The highest BCUT2D eigenvalue weighted by atomic mass is 32.2. The van der Waals surface area contributed by atoms with Crippen molar-refractivity contribution in [2.45, 2.75) is 18.8 Å². The molecule has 1 aliphatic heterocycles. The summed E-state index contributed by atoms with van der Waals surface area (Å²) < 4.78 is 31.9. The van der Waals surface area contributed by atoms with Crippen LogP contribution in [-0.4, -0.2) is 43.1 Å². The predicted octanol–water partition coefficient (Wildman–Crippen LogP) is -0.313. The van der Waals surface area contributed by atoms with E-state index < -0.39 is 15.8 Å². The Hall–Kier alpha value is -1.44. The minimum atomic E-state index is -2.98. The molecule has 1 aromatic rings. The zero-order valence-corrected chi connectivity index (χ0v) is 10.1. The van der Waals surface area contributed by atoms with E-state index in [2.05, 4.69) is 14.9 Å². The molecule has 0 radical (unpaired) electrons. The normalized spacial score (nSPS) is 22.5. The number of rotatable bonds is 3. The van der Waals surface area contributed by atoms with E-state index in [1.54, 1.807) is 0 Å². The summed E-state index contributed by atoms with van der Waals surface area (Å²) in [5, 5.41) is 3.69. The molecule has 0 saturated carbocycles. The Bertz CT molecular complexity index is 521. The van der Waals surface area contributed by atoms with Gasteiger partial charge in [-0.2, -0.15) is 4.98 Å². The molecule has 0 amide bonds. The molecule has 7 nitrogen and oxygen atoms in total. The third-order valence-corrected chi connectivity index (χ3v) is 4.37. The monoisotopic (exact) mass is 260 g/mol. The number of nitrogens with zero attached hydrogens (tertiary/aromatic N) is 2. The summed E-state index contributed by atoms with van der Waals surface area (Å²) in [5.41, 5.74) is 0. The zero-order valence-electron chi connectivity index (χ0n) is 9.25. The van der Waals surface area contributed by atoms with Crippen LogP contribution in [0.2, 0.25) is 0 Å². The molecule has 1 fully saturated rings. The lowest BCUT2D eigenvalue weighted by molar-refractivity contribution is -0.140. The maximum Gasteiger partial charge on any atom is 0.315 e. The van der Waals surface area contributed by atoms with Gasteiger partial charge < -0.3 is 9.26 Å². The standard InChI is InChI=1S/C9H12N2O5S/c1-15-8(12)4-7-10-9(11-16-7)6-2-3-17(13,14)5-6/h6H,2-5H2,1H3. The van der Waals surface area contributed by atoms with Crippen LogP contribution in [-0.2, 0) is 25.8 Å². The molecule has 0 bridgehead atoms. The molecular weight excluding hydrogens is 248 g/mol. The minimum Gasteiger partial charge on any atom is -0.469 e. The van der Waals surface area contributed by atoms with Crippen LogP contribution in [0.3, 0.4) is 0 Å². The summed E-state index contributed by atoms with van der Waals surface area (Å²) in [6.07, 6.45) is 0.405. The molecule has 1 aliphatic rings. The number of hydrogen-bond acceptors (Lipinski definition) is 7. The van der Waals surface area contributed by atoms with Crippen molar-refractivity contribution in [3.63, 3.8) is 0 Å². The van der Waals surface area contributed by atoms with Gasteiger partial charge in [-0.3, -0.25) is 4.79 Å². The molecule has 0 aliphatic carbocycles. The molecule has 8 heteroatoms. The third-order valence-electron chi connectivity index (χ3n) is 2.60. The van der Waals surface area contributed by atoms with Crippen molar-refractivity contribution in [2.75, 3.05) is 18.6 Å². The van der Waals surface area contributed by atoms with Crippen molar-refractivity contribution < 1.29 is 22.5 Å². The van der Waals surface area contributed by atoms with Gasteiger partial charge in [-0.25, -0.2) is 8.42 Å². The first-order valence-corrected chi connectivity index (χ1v) is 6.92. The van der Waals surface area contributed by atoms with Crippen LogP contribution in [0.25, 0.3) is 0 Å². The van der Waals surface area contributed by atoms with Gasteiger partial charge in [0.1, 0.15) is 6.42 Å². The predicted molar refractivity (Wildman–Crippen MR) is 56.0 cm³/mol. The summed E-state index contributed by atoms with van der Waals surface area (Å²) in [6.45, 7) is 0. The number of carbonyl (C=O) groups is 1. The molecule has 0 N–H and O–H groups in total. The van der Waals surface area contributed by atoms with E-state index in [1.807, 2.05) is 0 Å². The molecule has 17 heavy (non-hydrogen) atoms. The first-order valence-electron chi connectivity index (χ1n) is 5.10. The Morgan fingerprint density at radius 2 is 2.35 bits per heavy atom. The lowest BCUT2D eigenvalue weighted by Crippen LogP contribution is -2.06. The first kappa shape index (κ1) is 12.0. The van der Waals surface area contributed by atoms with Gasteiger partial charge in [0.05, 0.1) is 18.6 Å². The van der Waals surface area contributed by atoms with Crippen molar-refractivity contribution in [1.82, 2.24) is 10.1 Å². The Morgan fingerprint density at radius 3 is 2.94 bits per heavy atom. The number of sulfone groups is 1. The fourth-order valence-corrected chi connectivity index (χ4v) is 3.44. The molecule has 0 aromatic carbocycles. The molecule has 1 atom stereocenters. The summed E-state index contributed by atoms with van der Waals surface area (Å²) >= 11 is 0. The number of ether oxygens (including phenoxy) is 1. The molecule has 1 saturated heterocycles. The average Bonchev–Trinajstić information content (AvgIpc) is 2.84. The second-order valence-electron chi connectivity index (χ2n) is 3.90. The highest BCUT2D eigenvalue weighted by Gasteiger charge is 2.32. The van der Waals surface area contributed by atoms with Gasteiger partial charge in [-0.05, 0) is 6.42 Å². The van der Waals surface area contributed by atoms with E-state index in [1.165, 1.54) is 7.11 Å². The SMILES string of the molecule is COC(=O)Cc1nc(C2CCS(=O)(=O)C2)no1. The van der Waals surface area contributed by atoms with E-state index >= 15 is 0 Å². The van der Waals surface area contributed by atoms with Gasteiger partial charge in [0, 0.05) is 5.92 Å². The quantitative estimate of drug-likeness (QED) is 0.687. The van der Waals surface area contributed by atoms with Crippen molar-refractivity contribution >= 4 is 15.8 Å². The van der Waals surface area contributed by atoms with E-state index in [0.717, 1.165) is 0 Å². The Morgan fingerprint density at radius 1 is 1.59 bits per heavy atom. The highest BCUT2D eigenvalue weighted by molar-refractivity contribution is 7.91. The number of methoxy groups -OCH3 is 1. The van der Waals surface area contributed by atoms with Gasteiger partial charge in [0.2, 0.25) is 5.89 Å². The Balaban J connectivity index is 2.06. The van der Waals surface area contributed by atoms with Crippen LogP contribution in [0.4, 0.5) is 0 Å². The van der Waals surface area contributed by atoms with Crippen LogP contribution in [0.1, 0.15) is 24.1 Å².